The molecule has 1 aliphatic heterocycles. The first-order valence-electron chi connectivity index (χ1n) is 8.92. The van der Waals surface area contributed by atoms with E-state index in [9.17, 15) is 4.79 Å². The van der Waals surface area contributed by atoms with Crippen molar-refractivity contribution < 1.29 is 4.79 Å². The molecule has 1 aromatic rings. The van der Waals surface area contributed by atoms with E-state index in [1.54, 1.807) is 7.05 Å². The van der Waals surface area contributed by atoms with Crippen molar-refractivity contribution in [2.45, 2.75) is 38.5 Å². The van der Waals surface area contributed by atoms with Crippen LogP contribution in [-0.4, -0.2) is 43.4 Å². The van der Waals surface area contributed by atoms with Crippen LogP contribution in [0.3, 0.4) is 0 Å². The summed E-state index contributed by atoms with van der Waals surface area (Å²) < 4.78 is 0. The number of benzene rings is 1. The smallest absolute Gasteiger partial charge is 0.217 e. The first-order valence-corrected chi connectivity index (χ1v) is 9.68. The molecule has 7 heteroatoms. The predicted molar refractivity (Wildman–Crippen MR) is 109 cm³/mol. The van der Waals surface area contributed by atoms with Crippen molar-refractivity contribution in [3.8, 4) is 0 Å². The van der Waals surface area contributed by atoms with Crippen LogP contribution in [0, 0.1) is 5.92 Å². The average molecular weight is 399 g/mol. The van der Waals surface area contributed by atoms with Crippen LogP contribution in [0.15, 0.2) is 23.2 Å². The third kappa shape index (κ3) is 5.52. The second-order valence-corrected chi connectivity index (χ2v) is 8.35. The fraction of sp³-hybridized carbons (Fsp3) is 0.579. The number of nitrogens with zero attached hydrogens (tertiary/aromatic N) is 2. The molecule has 0 bridgehead atoms. The summed E-state index contributed by atoms with van der Waals surface area (Å²) in [6.07, 6.45) is 2.50. The molecule has 1 fully saturated rings. The largest absolute Gasteiger partial charge is 0.370 e. The summed E-state index contributed by atoms with van der Waals surface area (Å²) >= 11 is 12.2. The Balaban J connectivity index is 2.01. The minimum absolute atomic E-state index is 0.146. The van der Waals surface area contributed by atoms with Gasteiger partial charge in [0.2, 0.25) is 5.91 Å². The van der Waals surface area contributed by atoms with Crippen molar-refractivity contribution in [3.05, 3.63) is 33.8 Å². The molecule has 1 unspecified atom stereocenters. The molecule has 3 N–H and O–H groups in total. The van der Waals surface area contributed by atoms with Crippen LogP contribution in [0.5, 0.6) is 0 Å². The van der Waals surface area contributed by atoms with Crippen molar-refractivity contribution in [2.75, 3.05) is 26.7 Å². The van der Waals surface area contributed by atoms with Gasteiger partial charge in [-0.15, -0.1) is 0 Å². The van der Waals surface area contributed by atoms with E-state index in [0.29, 0.717) is 28.9 Å². The number of nitrogens with two attached hydrogens (primary N) is 1. The van der Waals surface area contributed by atoms with Crippen LogP contribution < -0.4 is 11.1 Å². The van der Waals surface area contributed by atoms with Crippen molar-refractivity contribution >= 4 is 35.1 Å². The molecular formula is C19H28Cl2N4O. The number of guanidine groups is 1. The van der Waals surface area contributed by atoms with E-state index in [1.807, 2.05) is 18.2 Å². The lowest BCUT2D eigenvalue weighted by molar-refractivity contribution is -0.119. The van der Waals surface area contributed by atoms with Crippen molar-refractivity contribution in [2.24, 2.45) is 16.6 Å². The standard InChI is InChI=1S/C19H28Cl2N4O/c1-19(2,14-6-7-15(20)16(21)10-14)12-24-18(23-3)25-8-4-5-13(11-25)9-17(22)26/h6-7,10,13H,4-5,8-9,11-12H2,1-3H3,(H2,22,26)(H,23,24). The third-order valence-electron chi connectivity index (χ3n) is 4.91. The Morgan fingerprint density at radius 2 is 2.12 bits per heavy atom. The zero-order valence-electron chi connectivity index (χ0n) is 15.7. The van der Waals surface area contributed by atoms with Crippen LogP contribution in [0.25, 0.3) is 0 Å². The zero-order valence-corrected chi connectivity index (χ0v) is 17.2. The van der Waals surface area contributed by atoms with Crippen LogP contribution >= 0.6 is 23.2 Å². The first kappa shape index (κ1) is 20.8. The van der Waals surface area contributed by atoms with Gasteiger partial charge in [0, 0.05) is 38.5 Å². The maximum Gasteiger partial charge on any atom is 0.217 e. The minimum atomic E-state index is -0.236. The maximum absolute atomic E-state index is 11.2. The number of rotatable bonds is 5. The highest BCUT2D eigenvalue weighted by atomic mass is 35.5. The SMILES string of the molecule is CN=C(NCC(C)(C)c1ccc(Cl)c(Cl)c1)N1CCCC(CC(N)=O)C1. The topological polar surface area (TPSA) is 70.7 Å². The van der Waals surface area contributed by atoms with Crippen LogP contribution in [0.4, 0.5) is 0 Å². The number of halogens is 2. The number of aliphatic imine (C=N–C) groups is 1. The van der Waals surface area contributed by atoms with E-state index in [0.717, 1.165) is 37.5 Å². The number of carbonyl (C=O) groups is 1. The van der Waals surface area contributed by atoms with Gasteiger partial charge in [0.25, 0.3) is 0 Å². The summed E-state index contributed by atoms with van der Waals surface area (Å²) in [6, 6.07) is 5.75. The molecule has 0 aliphatic carbocycles. The lowest BCUT2D eigenvalue weighted by atomic mass is 9.84. The highest BCUT2D eigenvalue weighted by Gasteiger charge is 2.26. The third-order valence-corrected chi connectivity index (χ3v) is 5.65. The molecule has 1 saturated heterocycles. The fourth-order valence-electron chi connectivity index (χ4n) is 3.36. The van der Waals surface area contributed by atoms with Gasteiger partial charge in [0.15, 0.2) is 5.96 Å². The van der Waals surface area contributed by atoms with Gasteiger partial charge in [0.05, 0.1) is 10.0 Å². The summed E-state index contributed by atoms with van der Waals surface area (Å²) in [5.74, 6) is 0.913. The minimum Gasteiger partial charge on any atom is -0.370 e. The molecule has 0 spiro atoms. The van der Waals surface area contributed by atoms with Crippen molar-refractivity contribution in [3.63, 3.8) is 0 Å². The average Bonchev–Trinajstić information content (AvgIpc) is 2.57. The monoisotopic (exact) mass is 398 g/mol. The molecule has 26 heavy (non-hydrogen) atoms. The highest BCUT2D eigenvalue weighted by Crippen LogP contribution is 2.29. The van der Waals surface area contributed by atoms with E-state index >= 15 is 0 Å². The van der Waals surface area contributed by atoms with E-state index in [4.69, 9.17) is 28.9 Å². The van der Waals surface area contributed by atoms with E-state index in [-0.39, 0.29) is 11.3 Å². The lowest BCUT2D eigenvalue weighted by Gasteiger charge is -2.36. The molecule has 1 heterocycles. The normalized spacial score (nSPS) is 18.7. The number of likely N-dealkylation sites (tertiary alicyclic amines) is 1. The maximum atomic E-state index is 11.2. The van der Waals surface area contributed by atoms with Crippen LogP contribution in [0.1, 0.15) is 38.7 Å². The molecule has 5 nitrogen and oxygen atoms in total. The number of nitrogens with one attached hydrogen (secondary N) is 1. The van der Waals surface area contributed by atoms with Crippen LogP contribution in [-0.2, 0) is 10.2 Å². The number of carbonyl (C=O) groups excluding carboxylic acids is 1. The molecule has 1 aliphatic rings. The van der Waals surface area contributed by atoms with E-state index < -0.39 is 0 Å². The Kier molecular flexibility index (Phi) is 7.18. The van der Waals surface area contributed by atoms with Crippen molar-refractivity contribution in [1.82, 2.24) is 10.2 Å². The number of primary amides is 1. The zero-order chi connectivity index (χ0) is 19.3. The second-order valence-electron chi connectivity index (χ2n) is 7.54. The molecule has 1 atom stereocenters. The Labute approximate surface area is 165 Å². The Morgan fingerprint density at radius 1 is 1.38 bits per heavy atom. The quantitative estimate of drug-likeness (QED) is 0.589. The van der Waals surface area contributed by atoms with Gasteiger partial charge in [-0.3, -0.25) is 9.79 Å². The van der Waals surface area contributed by atoms with Gasteiger partial charge < -0.3 is 16.0 Å². The molecule has 0 aromatic heterocycles. The van der Waals surface area contributed by atoms with Gasteiger partial charge in [-0.25, -0.2) is 0 Å². The molecule has 2 rings (SSSR count). The predicted octanol–water partition coefficient (Wildman–Crippen LogP) is 3.43. The number of hydrogen-bond donors (Lipinski definition) is 2. The summed E-state index contributed by atoms with van der Waals surface area (Å²) in [4.78, 5) is 17.8. The van der Waals surface area contributed by atoms with Gasteiger partial charge in [0.1, 0.15) is 0 Å². The summed E-state index contributed by atoms with van der Waals surface area (Å²) in [5, 5.41) is 4.59. The molecule has 0 radical (unpaired) electrons. The van der Waals surface area contributed by atoms with Crippen LogP contribution in [0.2, 0.25) is 10.0 Å². The number of amides is 1. The lowest BCUT2D eigenvalue weighted by Crippen LogP contribution is -2.49. The van der Waals surface area contributed by atoms with Gasteiger partial charge in [-0.1, -0.05) is 43.1 Å². The number of piperidine rings is 1. The first-order chi connectivity index (χ1) is 12.2. The summed E-state index contributed by atoms with van der Waals surface area (Å²) in [5.41, 5.74) is 6.32. The Morgan fingerprint density at radius 3 is 2.73 bits per heavy atom. The fourth-order valence-corrected chi connectivity index (χ4v) is 3.66. The molecule has 144 valence electrons. The van der Waals surface area contributed by atoms with E-state index in [1.165, 1.54) is 0 Å². The van der Waals surface area contributed by atoms with Gasteiger partial charge in [-0.05, 0) is 36.5 Å². The van der Waals surface area contributed by atoms with Gasteiger partial charge >= 0.3 is 0 Å². The van der Waals surface area contributed by atoms with E-state index in [2.05, 4.69) is 29.1 Å². The summed E-state index contributed by atoms with van der Waals surface area (Å²) in [6.45, 7) is 6.74. The second kappa shape index (κ2) is 8.96. The number of hydrogen-bond acceptors (Lipinski definition) is 2. The Bertz CT molecular complexity index is 676. The molecule has 1 aromatic carbocycles. The Hall–Kier alpha value is -1.46. The van der Waals surface area contributed by atoms with Gasteiger partial charge in [-0.2, -0.15) is 0 Å². The molecular weight excluding hydrogens is 371 g/mol. The highest BCUT2D eigenvalue weighted by molar-refractivity contribution is 6.42. The summed E-state index contributed by atoms with van der Waals surface area (Å²) in [7, 11) is 1.78. The molecule has 0 saturated carbocycles. The molecule has 1 amide bonds. The van der Waals surface area contributed by atoms with Crippen molar-refractivity contribution in [1.29, 1.82) is 0 Å².